The molecule has 0 N–H and O–H groups in total. The first kappa shape index (κ1) is 13.0. The number of ketones is 1. The van der Waals surface area contributed by atoms with Crippen LogP contribution in [-0.4, -0.2) is 21.0 Å². The van der Waals surface area contributed by atoms with Crippen molar-refractivity contribution in [2.75, 3.05) is 5.75 Å². The van der Waals surface area contributed by atoms with E-state index >= 15 is 0 Å². The van der Waals surface area contributed by atoms with Crippen molar-refractivity contribution in [1.82, 2.24) is 0 Å². The molecule has 16 heavy (non-hydrogen) atoms. The standard InChI is InChI=1S/C11H12F2O2S/c1-7(2)16(15)6-11(14)8-3-4-9(12)10(13)5-8/h3-5,7H,6H2,1-2H3. The molecule has 0 aromatic heterocycles. The molecule has 2 nitrogen and oxygen atoms in total. The van der Waals surface area contributed by atoms with E-state index < -0.39 is 28.2 Å². The van der Waals surface area contributed by atoms with Crippen molar-refractivity contribution in [1.29, 1.82) is 0 Å². The highest BCUT2D eigenvalue weighted by atomic mass is 32.2. The third-order valence-electron chi connectivity index (χ3n) is 2.04. The summed E-state index contributed by atoms with van der Waals surface area (Å²) in [6.07, 6.45) is 0. The van der Waals surface area contributed by atoms with Crippen LogP contribution in [0.5, 0.6) is 0 Å². The molecule has 1 rings (SSSR count). The van der Waals surface area contributed by atoms with E-state index in [0.717, 1.165) is 12.1 Å². The summed E-state index contributed by atoms with van der Waals surface area (Å²) >= 11 is 0. The molecule has 0 fully saturated rings. The largest absolute Gasteiger partial charge is 0.293 e. The maximum atomic E-state index is 12.8. The molecule has 1 aromatic rings. The third-order valence-corrected chi connectivity index (χ3v) is 3.64. The van der Waals surface area contributed by atoms with Gasteiger partial charge in [0.15, 0.2) is 17.4 Å². The Morgan fingerprint density at radius 1 is 1.31 bits per heavy atom. The molecule has 0 amide bonds. The second kappa shape index (κ2) is 5.30. The van der Waals surface area contributed by atoms with Crippen molar-refractivity contribution in [3.63, 3.8) is 0 Å². The molecule has 0 radical (unpaired) electrons. The Labute approximate surface area is 95.1 Å². The number of rotatable bonds is 4. The van der Waals surface area contributed by atoms with Gasteiger partial charge >= 0.3 is 0 Å². The summed E-state index contributed by atoms with van der Waals surface area (Å²) in [5.74, 6) is -2.67. The summed E-state index contributed by atoms with van der Waals surface area (Å²) in [6.45, 7) is 3.46. The van der Waals surface area contributed by atoms with Crippen molar-refractivity contribution >= 4 is 16.6 Å². The number of halogens is 2. The van der Waals surface area contributed by atoms with E-state index in [0.29, 0.717) is 0 Å². The Morgan fingerprint density at radius 2 is 1.94 bits per heavy atom. The smallest absolute Gasteiger partial charge is 0.175 e. The molecule has 5 heteroatoms. The lowest BCUT2D eigenvalue weighted by Gasteiger charge is -2.05. The van der Waals surface area contributed by atoms with Gasteiger partial charge in [-0.2, -0.15) is 0 Å². The van der Waals surface area contributed by atoms with Gasteiger partial charge < -0.3 is 0 Å². The first-order valence-electron chi connectivity index (χ1n) is 4.77. The Kier molecular flexibility index (Phi) is 4.29. The van der Waals surface area contributed by atoms with Crippen LogP contribution in [0.2, 0.25) is 0 Å². The molecule has 0 saturated heterocycles. The fourth-order valence-electron chi connectivity index (χ4n) is 1.05. The summed E-state index contributed by atoms with van der Waals surface area (Å²) in [4.78, 5) is 11.5. The molecular weight excluding hydrogens is 234 g/mol. The molecule has 1 aromatic carbocycles. The van der Waals surface area contributed by atoms with Crippen LogP contribution in [0.15, 0.2) is 18.2 Å². The SMILES string of the molecule is CC(C)S(=O)CC(=O)c1ccc(F)c(F)c1. The third kappa shape index (κ3) is 3.20. The molecule has 0 aliphatic rings. The summed E-state index contributed by atoms with van der Waals surface area (Å²) < 4.78 is 36.8. The number of hydrogen-bond acceptors (Lipinski definition) is 2. The zero-order valence-electron chi connectivity index (χ0n) is 9.00. The lowest BCUT2D eigenvalue weighted by atomic mass is 10.1. The van der Waals surface area contributed by atoms with Crippen molar-refractivity contribution in [2.45, 2.75) is 19.1 Å². The first-order chi connectivity index (χ1) is 7.41. The minimum atomic E-state index is -1.28. The van der Waals surface area contributed by atoms with E-state index in [9.17, 15) is 17.8 Å². The van der Waals surface area contributed by atoms with Gasteiger partial charge in [0.1, 0.15) is 0 Å². The molecular formula is C11H12F2O2S. The van der Waals surface area contributed by atoms with E-state index in [1.807, 2.05) is 0 Å². The second-order valence-corrected chi connectivity index (χ2v) is 5.62. The summed E-state index contributed by atoms with van der Waals surface area (Å²) in [5, 5.41) is -0.130. The van der Waals surface area contributed by atoms with Crippen LogP contribution < -0.4 is 0 Å². The molecule has 1 atom stereocenters. The van der Waals surface area contributed by atoms with E-state index in [1.54, 1.807) is 13.8 Å². The molecule has 0 bridgehead atoms. The van der Waals surface area contributed by atoms with Gasteiger partial charge in [-0.3, -0.25) is 9.00 Å². The quantitative estimate of drug-likeness (QED) is 0.764. The molecule has 1 unspecified atom stereocenters. The van der Waals surface area contributed by atoms with Gasteiger partial charge in [-0.15, -0.1) is 0 Å². The highest BCUT2D eigenvalue weighted by Gasteiger charge is 2.14. The fraction of sp³-hybridized carbons (Fsp3) is 0.364. The highest BCUT2D eigenvalue weighted by molar-refractivity contribution is 7.86. The van der Waals surface area contributed by atoms with Gasteiger partial charge in [0.2, 0.25) is 0 Å². The van der Waals surface area contributed by atoms with E-state index in [4.69, 9.17) is 0 Å². The van der Waals surface area contributed by atoms with Crippen LogP contribution in [0.4, 0.5) is 8.78 Å². The molecule has 88 valence electrons. The van der Waals surface area contributed by atoms with Gasteiger partial charge in [-0.1, -0.05) is 13.8 Å². The first-order valence-corrected chi connectivity index (χ1v) is 6.15. The van der Waals surface area contributed by atoms with Gasteiger partial charge in [-0.25, -0.2) is 8.78 Å². The van der Waals surface area contributed by atoms with Crippen LogP contribution in [0.3, 0.4) is 0 Å². The monoisotopic (exact) mass is 246 g/mol. The van der Waals surface area contributed by atoms with Gasteiger partial charge in [0, 0.05) is 21.6 Å². The van der Waals surface area contributed by atoms with Gasteiger partial charge in [0.05, 0.1) is 5.75 Å². The summed E-state index contributed by atoms with van der Waals surface area (Å²) in [5.41, 5.74) is 0.0490. The fourth-order valence-corrected chi connectivity index (χ4v) is 1.81. The van der Waals surface area contributed by atoms with E-state index in [-0.39, 0.29) is 16.6 Å². The highest BCUT2D eigenvalue weighted by Crippen LogP contribution is 2.10. The molecule has 0 heterocycles. The summed E-state index contributed by atoms with van der Waals surface area (Å²) in [6, 6.07) is 2.91. The normalized spacial score (nSPS) is 12.8. The Bertz CT molecular complexity index is 430. The second-order valence-electron chi connectivity index (χ2n) is 3.63. The maximum Gasteiger partial charge on any atom is 0.175 e. The predicted octanol–water partition coefficient (Wildman–Crippen LogP) is 2.30. The van der Waals surface area contributed by atoms with Crippen molar-refractivity contribution < 1.29 is 17.8 Å². The van der Waals surface area contributed by atoms with Crippen LogP contribution in [-0.2, 0) is 10.8 Å². The average molecular weight is 246 g/mol. The predicted molar refractivity (Wildman–Crippen MR) is 58.8 cm³/mol. The Hall–Kier alpha value is -1.10. The van der Waals surface area contributed by atoms with E-state index in [1.165, 1.54) is 6.07 Å². The number of Topliss-reactive ketones (excluding diaryl/α,β-unsaturated/α-hetero) is 1. The van der Waals surface area contributed by atoms with Gasteiger partial charge in [0.25, 0.3) is 0 Å². The molecule has 0 spiro atoms. The van der Waals surface area contributed by atoms with Crippen molar-refractivity contribution in [3.05, 3.63) is 35.4 Å². The summed E-state index contributed by atoms with van der Waals surface area (Å²) in [7, 11) is -1.28. The minimum Gasteiger partial charge on any atom is -0.293 e. The van der Waals surface area contributed by atoms with Crippen LogP contribution >= 0.6 is 0 Å². The van der Waals surface area contributed by atoms with Gasteiger partial charge in [-0.05, 0) is 18.2 Å². The van der Waals surface area contributed by atoms with Crippen molar-refractivity contribution in [3.8, 4) is 0 Å². The molecule has 0 aliphatic heterocycles. The number of benzene rings is 1. The number of carbonyl (C=O) groups excluding carboxylic acids is 1. The van der Waals surface area contributed by atoms with E-state index in [2.05, 4.69) is 0 Å². The maximum absolute atomic E-state index is 12.8. The zero-order valence-corrected chi connectivity index (χ0v) is 9.81. The number of carbonyl (C=O) groups is 1. The van der Waals surface area contributed by atoms with Crippen LogP contribution in [0, 0.1) is 11.6 Å². The molecule has 0 aliphatic carbocycles. The lowest BCUT2D eigenvalue weighted by Crippen LogP contribution is -2.17. The van der Waals surface area contributed by atoms with Crippen molar-refractivity contribution in [2.24, 2.45) is 0 Å². The Balaban J connectivity index is 2.81. The minimum absolute atomic E-state index is 0.0490. The average Bonchev–Trinajstić information content (AvgIpc) is 2.21. The lowest BCUT2D eigenvalue weighted by molar-refractivity contribution is 0.102. The Morgan fingerprint density at radius 3 is 2.44 bits per heavy atom. The van der Waals surface area contributed by atoms with Crippen LogP contribution in [0.25, 0.3) is 0 Å². The number of hydrogen-bond donors (Lipinski definition) is 0. The van der Waals surface area contributed by atoms with Crippen LogP contribution in [0.1, 0.15) is 24.2 Å². The molecule has 0 saturated carbocycles. The topological polar surface area (TPSA) is 34.1 Å². The zero-order chi connectivity index (χ0) is 12.3.